The lowest BCUT2D eigenvalue weighted by molar-refractivity contribution is -0.132. The molecule has 0 unspecified atom stereocenters. The summed E-state index contributed by atoms with van der Waals surface area (Å²) in [4.78, 5) is 34.4. The van der Waals surface area contributed by atoms with E-state index >= 15 is 0 Å². The second-order valence-electron chi connectivity index (χ2n) is 13.0. The summed E-state index contributed by atoms with van der Waals surface area (Å²) in [6.07, 6.45) is -2.22. The summed E-state index contributed by atoms with van der Waals surface area (Å²) >= 11 is 0. The summed E-state index contributed by atoms with van der Waals surface area (Å²) in [6, 6.07) is 14.3. The number of hydrogen-bond donors (Lipinski definition) is 4. The highest BCUT2D eigenvalue weighted by molar-refractivity contribution is 5.83. The normalized spacial score (nSPS) is 24.2. The number of carbonyl (C=O) groups is 2. The average Bonchev–Trinajstić information content (AvgIpc) is 3.37. The molecule has 3 aromatic rings. The van der Waals surface area contributed by atoms with Gasteiger partial charge in [-0.2, -0.15) is 0 Å². The first-order valence-corrected chi connectivity index (χ1v) is 15.5. The van der Waals surface area contributed by atoms with Crippen LogP contribution in [0.1, 0.15) is 63.7 Å². The van der Waals surface area contributed by atoms with E-state index in [2.05, 4.69) is 15.6 Å². The van der Waals surface area contributed by atoms with E-state index in [0.717, 1.165) is 16.7 Å². The Morgan fingerprint density at radius 2 is 1.87 bits per heavy atom. The highest BCUT2D eigenvalue weighted by Gasteiger charge is 2.37. The number of amides is 2. The molecule has 1 aliphatic heterocycles. The number of hydrogen-bond acceptors (Lipinski definition) is 7. The maximum atomic E-state index is 13.9. The van der Waals surface area contributed by atoms with Gasteiger partial charge in [-0.3, -0.25) is 24.4 Å². The number of nitrogens with one attached hydrogen (secondary N) is 2. The minimum absolute atomic E-state index is 0.00583. The van der Waals surface area contributed by atoms with E-state index in [1.807, 2.05) is 75.4 Å². The molecule has 1 aliphatic carbocycles. The third-order valence-corrected chi connectivity index (χ3v) is 8.23. The second-order valence-corrected chi connectivity index (χ2v) is 13.0. The van der Waals surface area contributed by atoms with Crippen molar-refractivity contribution in [2.24, 2.45) is 5.92 Å². The van der Waals surface area contributed by atoms with Crippen LogP contribution >= 0.6 is 0 Å². The van der Waals surface area contributed by atoms with E-state index in [9.17, 15) is 19.8 Å². The van der Waals surface area contributed by atoms with Gasteiger partial charge in [-0.25, -0.2) is 0 Å². The van der Waals surface area contributed by atoms with Crippen LogP contribution in [0.2, 0.25) is 0 Å². The van der Waals surface area contributed by atoms with Crippen molar-refractivity contribution in [3.8, 4) is 0 Å². The predicted octanol–water partition coefficient (Wildman–Crippen LogP) is 2.87. The predicted molar refractivity (Wildman–Crippen MR) is 174 cm³/mol. The zero-order valence-corrected chi connectivity index (χ0v) is 26.1. The fourth-order valence-electron chi connectivity index (χ4n) is 6.16. The minimum Gasteiger partial charge on any atom is -0.392 e. The molecule has 2 aromatic carbocycles. The van der Waals surface area contributed by atoms with Crippen LogP contribution in [0.5, 0.6) is 0 Å². The highest BCUT2D eigenvalue weighted by atomic mass is 16.3. The molecule has 9 nitrogen and oxygen atoms in total. The smallest absolute Gasteiger partial charge is 0.239 e. The Morgan fingerprint density at radius 3 is 2.64 bits per heavy atom. The van der Waals surface area contributed by atoms with Crippen LogP contribution in [0.15, 0.2) is 79.0 Å². The molecule has 0 spiro atoms. The van der Waals surface area contributed by atoms with Crippen LogP contribution in [0.3, 0.4) is 0 Å². The van der Waals surface area contributed by atoms with Crippen LogP contribution in [0, 0.1) is 5.92 Å². The third kappa shape index (κ3) is 8.98. The zero-order valence-electron chi connectivity index (χ0n) is 32.1. The van der Waals surface area contributed by atoms with Gasteiger partial charge in [0.25, 0.3) is 0 Å². The molecule has 2 heterocycles. The Labute approximate surface area is 275 Å². The monoisotopic (exact) mass is 619 g/mol. The fourth-order valence-corrected chi connectivity index (χ4v) is 6.16. The first-order valence-electron chi connectivity index (χ1n) is 18.5. The van der Waals surface area contributed by atoms with E-state index in [1.54, 1.807) is 4.90 Å². The van der Waals surface area contributed by atoms with E-state index in [0.29, 0.717) is 12.8 Å². The molecule has 0 bridgehead atoms. The molecular weight excluding hydrogens is 566 g/mol. The molecule has 1 saturated heterocycles. The average molecular weight is 620 g/mol. The van der Waals surface area contributed by atoms with Crippen LogP contribution < -0.4 is 10.6 Å². The van der Waals surface area contributed by atoms with E-state index in [-0.39, 0.29) is 38.5 Å². The molecule has 0 saturated carbocycles. The van der Waals surface area contributed by atoms with Gasteiger partial charge in [0, 0.05) is 65.6 Å². The van der Waals surface area contributed by atoms with Crippen LogP contribution in [-0.2, 0) is 28.9 Å². The molecule has 2 aliphatic rings. The molecule has 1 aromatic heterocycles. The summed E-state index contributed by atoms with van der Waals surface area (Å²) in [6.45, 7) is 3.03. The number of piperazine rings is 1. The summed E-state index contributed by atoms with van der Waals surface area (Å²) in [5, 5.41) is 28.3. The summed E-state index contributed by atoms with van der Waals surface area (Å²) in [7, 11) is 0. The lowest BCUT2D eigenvalue weighted by atomic mass is 9.91. The number of fused-ring (bicyclic) bond motifs is 1. The Bertz CT molecular complexity index is 1730. The SMILES string of the molecule is [2H]c1nc([2H])c(C([2H])([2H])N2CCN(C[C@@H](O)C[C@@H](Cc3ccccc3)C(=O)N[C@H]3c4ccccc4C[C@H]3O)[C@H](C(=O)NC(C)(C)C)C2)c([2H])c1[2H]. The molecule has 0 radical (unpaired) electrons. The molecule has 2 amide bonds. The number of benzene rings is 2. The maximum Gasteiger partial charge on any atom is 0.239 e. The molecule has 240 valence electrons. The third-order valence-electron chi connectivity index (χ3n) is 8.23. The Kier molecular flexibility index (Phi) is 8.31. The van der Waals surface area contributed by atoms with Gasteiger partial charge >= 0.3 is 0 Å². The largest absolute Gasteiger partial charge is 0.392 e. The van der Waals surface area contributed by atoms with Crippen LogP contribution in [-0.4, -0.2) is 86.8 Å². The van der Waals surface area contributed by atoms with Gasteiger partial charge in [0.15, 0.2) is 0 Å². The van der Waals surface area contributed by atoms with Crippen molar-refractivity contribution < 1.29 is 28.0 Å². The minimum atomic E-state index is -2.46. The van der Waals surface area contributed by atoms with Crippen molar-refractivity contribution in [3.05, 3.63) is 101 Å². The van der Waals surface area contributed by atoms with Crippen molar-refractivity contribution in [1.29, 1.82) is 0 Å². The van der Waals surface area contributed by atoms with Crippen LogP contribution in [0.4, 0.5) is 0 Å². The molecule has 5 rings (SSSR count). The molecule has 1 fully saturated rings. The molecule has 5 atom stereocenters. The molecule has 4 N–H and O–H groups in total. The van der Waals surface area contributed by atoms with Gasteiger partial charge in [0.05, 0.1) is 23.7 Å². The van der Waals surface area contributed by atoms with Gasteiger partial charge < -0.3 is 20.8 Å². The van der Waals surface area contributed by atoms with Gasteiger partial charge in [0.2, 0.25) is 11.8 Å². The first kappa shape index (κ1) is 25.5. The Hall–Kier alpha value is -3.63. The summed E-state index contributed by atoms with van der Waals surface area (Å²) in [5.41, 5.74) is 1.67. The van der Waals surface area contributed by atoms with E-state index < -0.39 is 78.1 Å². The Balaban J connectivity index is 1.36. The number of β-amino-alcohol motifs (C(OH)–C–C–N with tert-alkyl or cyclic N) is 1. The fraction of sp³-hybridized carbons (Fsp3) is 0.472. The van der Waals surface area contributed by atoms with Crippen molar-refractivity contribution >= 4 is 11.8 Å². The lowest BCUT2D eigenvalue weighted by Gasteiger charge is -2.42. The topological polar surface area (TPSA) is 118 Å². The number of pyridine rings is 1. The lowest BCUT2D eigenvalue weighted by Crippen LogP contribution is -2.61. The van der Waals surface area contributed by atoms with Crippen molar-refractivity contribution in [3.63, 3.8) is 0 Å². The van der Waals surface area contributed by atoms with Gasteiger partial charge in [-0.15, -0.1) is 0 Å². The molecule has 9 heteroatoms. The first-order chi connectivity index (χ1) is 24.0. The maximum absolute atomic E-state index is 13.9. The number of aromatic nitrogens is 1. The van der Waals surface area contributed by atoms with Gasteiger partial charge in [-0.1, -0.05) is 60.6 Å². The van der Waals surface area contributed by atoms with Crippen LogP contribution in [0.25, 0.3) is 0 Å². The van der Waals surface area contributed by atoms with E-state index in [1.165, 1.54) is 4.90 Å². The van der Waals surface area contributed by atoms with Crippen molar-refractivity contribution in [1.82, 2.24) is 25.4 Å². The molecule has 45 heavy (non-hydrogen) atoms. The van der Waals surface area contributed by atoms with Crippen molar-refractivity contribution in [2.75, 3.05) is 26.2 Å². The standard InChI is InChI=1S/C36H47N5O4/c1-36(2,3)39-35(45)31-24-40(22-26-12-9-15-37-21-26)16-17-41(31)23-29(42)19-28(18-25-10-5-4-6-11-25)34(44)38-33-30-14-8-7-13-27(30)20-32(33)43/h4-15,21,28-29,31-33,42-43H,16-20,22-24H2,1-3H3,(H,38,44)(H,39,45)/t28-,29+,31+,32-,33+/m1/s1/i9D,12D,15D,21D,22D2. The summed E-state index contributed by atoms with van der Waals surface area (Å²) < 4.78 is 50.2. The quantitative estimate of drug-likeness (QED) is 0.261. The number of aliphatic hydroxyl groups is 2. The number of rotatable bonds is 11. The summed E-state index contributed by atoms with van der Waals surface area (Å²) in [5.74, 6) is -1.38. The highest BCUT2D eigenvalue weighted by Crippen LogP contribution is 2.32. The number of carbonyl (C=O) groups excluding carboxylic acids is 2. The van der Waals surface area contributed by atoms with Crippen molar-refractivity contribution in [2.45, 2.75) is 76.4 Å². The number of aliphatic hydroxyl groups excluding tert-OH is 2. The zero-order chi connectivity index (χ0) is 37.2. The van der Waals surface area contributed by atoms with Gasteiger partial charge in [0.1, 0.15) is 6.04 Å². The Morgan fingerprint density at radius 1 is 1.11 bits per heavy atom. The second kappa shape index (κ2) is 14.6. The molecular formula is C36H47N5O4. The number of nitrogens with zero attached hydrogens (tertiary/aromatic N) is 3. The van der Waals surface area contributed by atoms with Gasteiger partial charge in [-0.05, 0) is 61.9 Å². The van der Waals surface area contributed by atoms with E-state index in [4.69, 9.17) is 8.22 Å².